The summed E-state index contributed by atoms with van der Waals surface area (Å²) in [7, 11) is 0. The van der Waals surface area contributed by atoms with Crippen molar-refractivity contribution < 1.29 is 64.0 Å². The van der Waals surface area contributed by atoms with Crippen molar-refractivity contribution in [3.63, 3.8) is 0 Å². The Hall–Kier alpha value is -2.83. The van der Waals surface area contributed by atoms with Crippen molar-refractivity contribution in [1.82, 2.24) is 0 Å². The lowest BCUT2D eigenvalue weighted by Crippen LogP contribution is -2.61. The highest BCUT2D eigenvalue weighted by Gasteiger charge is 2.50. The number of hydrogen-bond donors (Lipinski definition) is 8. The second-order valence-corrected chi connectivity index (χ2v) is 13.9. The highest BCUT2D eigenvalue weighted by atomic mass is 16.7. The molecule has 3 heterocycles. The second-order valence-electron chi connectivity index (χ2n) is 13.9. The molecule has 0 radical (unpaired) electrons. The van der Waals surface area contributed by atoms with Crippen LogP contribution in [0.1, 0.15) is 72.1 Å². The molecular formula is C36H56N2O13. The Kier molecular flexibility index (Phi) is 16.6. The summed E-state index contributed by atoms with van der Waals surface area (Å²) in [6.07, 6.45) is 1.88. The molecule has 0 aliphatic carbocycles. The maximum absolute atomic E-state index is 12.6. The highest BCUT2D eigenvalue weighted by molar-refractivity contribution is 5.80. The summed E-state index contributed by atoms with van der Waals surface area (Å²) in [6, 6.07) is -1.08. The first-order chi connectivity index (χ1) is 24.0. The fraction of sp³-hybridized carbons (Fsp3) is 0.694. The van der Waals surface area contributed by atoms with Crippen molar-refractivity contribution in [1.29, 1.82) is 0 Å². The zero-order valence-electron chi connectivity index (χ0n) is 29.5. The molecule has 0 aromatic heterocycles. The topological polar surface area (TPSA) is 262 Å². The van der Waals surface area contributed by atoms with Gasteiger partial charge in [-0.05, 0) is 33.6 Å². The maximum atomic E-state index is 12.6. The number of primary amides is 1. The minimum absolute atomic E-state index is 0.00687. The van der Waals surface area contributed by atoms with Crippen molar-refractivity contribution in [3.05, 3.63) is 48.6 Å². The highest BCUT2D eigenvalue weighted by Crippen LogP contribution is 2.38. The number of allylic oxidation sites excluding steroid dienone is 6. The number of rotatable bonds is 3. The van der Waals surface area contributed by atoms with Gasteiger partial charge in [-0.3, -0.25) is 14.4 Å². The third-order valence-corrected chi connectivity index (χ3v) is 9.45. The van der Waals surface area contributed by atoms with Gasteiger partial charge in [0.05, 0.1) is 60.6 Å². The third-order valence-electron chi connectivity index (χ3n) is 9.45. The Morgan fingerprint density at radius 1 is 0.941 bits per heavy atom. The van der Waals surface area contributed by atoms with Crippen LogP contribution in [0.5, 0.6) is 0 Å². The summed E-state index contributed by atoms with van der Waals surface area (Å²) in [4.78, 5) is 37.6. The van der Waals surface area contributed by atoms with Crippen molar-refractivity contribution in [3.8, 4) is 0 Å². The molecule has 0 saturated carbocycles. The lowest BCUT2D eigenvalue weighted by molar-refractivity contribution is -0.306. The number of nitrogens with two attached hydrogens (primary N) is 2. The van der Waals surface area contributed by atoms with Crippen LogP contribution in [0.25, 0.3) is 0 Å². The summed E-state index contributed by atoms with van der Waals surface area (Å²) in [6.45, 7) is 4.77. The summed E-state index contributed by atoms with van der Waals surface area (Å²) in [5, 5.41) is 64.7. The Morgan fingerprint density at radius 3 is 2.29 bits per heavy atom. The molecule has 0 aromatic carbocycles. The Labute approximate surface area is 298 Å². The van der Waals surface area contributed by atoms with Crippen LogP contribution in [0.4, 0.5) is 0 Å². The van der Waals surface area contributed by atoms with E-state index < -0.39 is 103 Å². The molecule has 2 fully saturated rings. The number of aliphatic hydroxyl groups is 6. The predicted octanol–water partition coefficient (Wildman–Crippen LogP) is -0.0668. The van der Waals surface area contributed by atoms with E-state index in [1.165, 1.54) is 6.92 Å². The van der Waals surface area contributed by atoms with Crippen molar-refractivity contribution >= 4 is 17.7 Å². The molecule has 3 aliphatic heterocycles. The van der Waals surface area contributed by atoms with Gasteiger partial charge in [0.25, 0.3) is 0 Å². The molecule has 10 N–H and O–H groups in total. The van der Waals surface area contributed by atoms with E-state index in [0.29, 0.717) is 6.42 Å². The third kappa shape index (κ3) is 13.0. The summed E-state index contributed by atoms with van der Waals surface area (Å²) in [5.41, 5.74) is 11.7. The van der Waals surface area contributed by atoms with Crippen LogP contribution in [0, 0.1) is 11.8 Å². The van der Waals surface area contributed by atoms with Crippen LogP contribution in [0.2, 0.25) is 0 Å². The lowest BCUT2D eigenvalue weighted by Gasteiger charge is -2.45. The van der Waals surface area contributed by atoms with E-state index >= 15 is 0 Å². The average molecular weight is 725 g/mol. The standard InChI is InChI=1S/C36H56N2O13/c1-20-12-9-7-5-4-6-8-10-15-25(50-35-32(44)30(37)31(43)22(3)49-35)17-28-29(33(38)45)27(42)19-36(47,51-28)18-24(40)14-11-13-23(39)16-26(41)21(2)34(46)48-20/h4-10,15,20-22,24-32,35,40-44,47H,11-14,16-19,37H2,1-3H3,(H2,38,45). The number of ketones is 1. The monoisotopic (exact) mass is 724 g/mol. The minimum Gasteiger partial charge on any atom is -0.462 e. The zero-order chi connectivity index (χ0) is 37.9. The smallest absolute Gasteiger partial charge is 0.311 e. The van der Waals surface area contributed by atoms with Crippen molar-refractivity contribution in [2.75, 3.05) is 0 Å². The Balaban J connectivity index is 1.88. The molecule has 14 atom stereocenters. The van der Waals surface area contributed by atoms with Crippen molar-refractivity contribution in [2.24, 2.45) is 23.3 Å². The summed E-state index contributed by atoms with van der Waals surface area (Å²) < 4.78 is 23.2. The van der Waals surface area contributed by atoms with E-state index in [2.05, 4.69) is 0 Å². The first kappa shape index (κ1) is 42.6. The number of aliphatic hydroxyl groups excluding tert-OH is 5. The molecule has 14 unspecified atom stereocenters. The largest absolute Gasteiger partial charge is 0.462 e. The molecule has 15 heteroatoms. The average Bonchev–Trinajstić information content (AvgIpc) is 3.03. The van der Waals surface area contributed by atoms with Gasteiger partial charge in [-0.25, -0.2) is 0 Å². The van der Waals surface area contributed by atoms with Gasteiger partial charge in [0.2, 0.25) is 5.91 Å². The molecule has 288 valence electrons. The van der Waals surface area contributed by atoms with E-state index in [9.17, 15) is 45.0 Å². The van der Waals surface area contributed by atoms with Gasteiger partial charge in [0, 0.05) is 38.5 Å². The summed E-state index contributed by atoms with van der Waals surface area (Å²) >= 11 is 0. The maximum Gasteiger partial charge on any atom is 0.311 e. The molecule has 2 bridgehead atoms. The van der Waals surface area contributed by atoms with Gasteiger partial charge < -0.3 is 61.1 Å². The number of amides is 1. The molecule has 3 aliphatic rings. The molecule has 2 saturated heterocycles. The number of Topliss-reactive ketones (excluding diaryl/α,β-unsaturated/α-hetero) is 1. The molecule has 0 spiro atoms. The zero-order valence-corrected chi connectivity index (χ0v) is 29.5. The molecule has 3 rings (SSSR count). The normalized spacial score (nSPS) is 41.6. The quantitative estimate of drug-likeness (QED) is 0.177. The van der Waals surface area contributed by atoms with E-state index in [1.54, 1.807) is 62.5 Å². The molecule has 0 aromatic rings. The predicted molar refractivity (Wildman–Crippen MR) is 183 cm³/mol. The number of hydrogen-bond acceptors (Lipinski definition) is 14. The summed E-state index contributed by atoms with van der Waals surface area (Å²) in [5.74, 6) is -6.13. The lowest BCUT2D eigenvalue weighted by atomic mass is 9.82. The first-order valence-electron chi connectivity index (χ1n) is 17.6. The second kappa shape index (κ2) is 19.9. The SMILES string of the molecule is CC1CC=CC=CC=CC=CC(OC2OC(C)C(O)C(N)C2O)CC2OC(O)(CC(O)CCCC(=O)CC(O)C(C)C(=O)O1)CC(O)C2C(N)=O. The number of cyclic esters (lactones) is 1. The van der Waals surface area contributed by atoms with E-state index in [-0.39, 0.29) is 44.3 Å². The van der Waals surface area contributed by atoms with Crippen LogP contribution in [-0.2, 0) is 33.3 Å². The van der Waals surface area contributed by atoms with Gasteiger partial charge in [-0.2, -0.15) is 0 Å². The fourth-order valence-electron chi connectivity index (χ4n) is 6.39. The van der Waals surface area contributed by atoms with Crippen LogP contribution in [0.3, 0.4) is 0 Å². The minimum atomic E-state index is -2.10. The van der Waals surface area contributed by atoms with Gasteiger partial charge >= 0.3 is 5.97 Å². The van der Waals surface area contributed by atoms with Crippen LogP contribution in [-0.4, -0.2) is 121 Å². The molecule has 15 nitrogen and oxygen atoms in total. The Morgan fingerprint density at radius 2 is 1.61 bits per heavy atom. The number of carbonyl (C=O) groups excluding carboxylic acids is 3. The number of carbonyl (C=O) groups is 3. The van der Waals surface area contributed by atoms with Gasteiger partial charge in [-0.15, -0.1) is 0 Å². The van der Waals surface area contributed by atoms with E-state index in [1.807, 2.05) is 0 Å². The number of ether oxygens (including phenoxy) is 4. The number of fused-ring (bicyclic) bond motifs is 2. The van der Waals surface area contributed by atoms with E-state index in [4.69, 9.17) is 30.4 Å². The van der Waals surface area contributed by atoms with Gasteiger partial charge in [0.1, 0.15) is 18.0 Å². The van der Waals surface area contributed by atoms with Crippen LogP contribution < -0.4 is 11.5 Å². The van der Waals surface area contributed by atoms with Gasteiger partial charge in [0.15, 0.2) is 12.1 Å². The molecule has 1 amide bonds. The molecular weight excluding hydrogens is 668 g/mol. The first-order valence-corrected chi connectivity index (χ1v) is 17.6. The van der Waals surface area contributed by atoms with Crippen LogP contribution >= 0.6 is 0 Å². The van der Waals surface area contributed by atoms with Gasteiger partial charge in [-0.1, -0.05) is 48.6 Å². The Bertz CT molecular complexity index is 1270. The number of esters is 1. The van der Waals surface area contributed by atoms with Crippen molar-refractivity contribution in [2.45, 2.75) is 145 Å². The van der Waals surface area contributed by atoms with Crippen LogP contribution in [0.15, 0.2) is 48.6 Å². The fourth-order valence-corrected chi connectivity index (χ4v) is 6.39. The molecule has 51 heavy (non-hydrogen) atoms. The van der Waals surface area contributed by atoms with E-state index in [0.717, 1.165) is 0 Å².